The Balaban J connectivity index is 3.21. The van der Waals surface area contributed by atoms with Gasteiger partial charge in [0.2, 0.25) is 0 Å². The van der Waals surface area contributed by atoms with Gasteiger partial charge in [0.15, 0.2) is 0 Å². The van der Waals surface area contributed by atoms with Crippen molar-refractivity contribution in [2.24, 2.45) is 0 Å². The summed E-state index contributed by atoms with van der Waals surface area (Å²) in [7, 11) is 0. The molecular formula is C7H4AsBrO. The first-order chi connectivity index (χ1) is 4.74. The molecule has 0 amide bonds. The zero-order valence-corrected chi connectivity index (χ0v) is 8.51. The maximum absolute atomic E-state index is 10.3. The standard InChI is InChI=1S/C7H4AsBrO/c8-7-2-1-6(9)3-5(7)4-10/h1-4H. The van der Waals surface area contributed by atoms with E-state index in [4.69, 9.17) is 0 Å². The fourth-order valence-electron chi connectivity index (χ4n) is 0.620. The van der Waals surface area contributed by atoms with Crippen LogP contribution in [0.15, 0.2) is 22.7 Å². The predicted molar refractivity (Wildman–Crippen MR) is 44.9 cm³/mol. The molecule has 0 unspecified atom stereocenters. The Morgan fingerprint density at radius 3 is 2.70 bits per heavy atom. The SMILES string of the molecule is O=Cc1cc(Br)ccc1[As]. The summed E-state index contributed by atoms with van der Waals surface area (Å²) >= 11 is 5.63. The van der Waals surface area contributed by atoms with Crippen molar-refractivity contribution < 1.29 is 4.79 Å². The maximum atomic E-state index is 10.3. The van der Waals surface area contributed by atoms with Crippen molar-refractivity contribution >= 4 is 43.4 Å². The monoisotopic (exact) mass is 258 g/mol. The number of carbonyl (C=O) groups is 1. The molecule has 0 bridgehead atoms. The molecule has 0 aliphatic heterocycles. The molecule has 0 saturated heterocycles. The molecule has 0 fully saturated rings. The molecule has 0 aliphatic rings. The number of carbonyl (C=O) groups excluding carboxylic acids is 1. The molecule has 0 aromatic heterocycles. The fraction of sp³-hybridized carbons (Fsp3) is 0. The Hall–Kier alpha value is -0.0716. The van der Waals surface area contributed by atoms with Crippen LogP contribution in [0.2, 0.25) is 0 Å². The van der Waals surface area contributed by atoms with Crippen LogP contribution in [0.4, 0.5) is 0 Å². The summed E-state index contributed by atoms with van der Waals surface area (Å²) in [4.78, 5) is 10.3. The molecule has 0 aliphatic carbocycles. The number of hydrogen-bond acceptors (Lipinski definition) is 1. The Labute approximate surface area is 76.4 Å². The normalized spacial score (nSPS) is 9.40. The summed E-state index contributed by atoms with van der Waals surface area (Å²) < 4.78 is 1.88. The third kappa shape index (κ3) is 1.71. The van der Waals surface area contributed by atoms with Gasteiger partial charge < -0.3 is 0 Å². The van der Waals surface area contributed by atoms with Gasteiger partial charge in [-0.1, -0.05) is 0 Å². The van der Waals surface area contributed by atoms with Gasteiger partial charge in [0.25, 0.3) is 0 Å². The summed E-state index contributed by atoms with van der Waals surface area (Å²) in [6, 6.07) is 5.58. The van der Waals surface area contributed by atoms with E-state index in [-0.39, 0.29) is 0 Å². The van der Waals surface area contributed by atoms with Crippen LogP contribution in [0.25, 0.3) is 0 Å². The van der Waals surface area contributed by atoms with E-state index in [9.17, 15) is 4.79 Å². The minimum absolute atomic E-state index is 0.717. The van der Waals surface area contributed by atoms with E-state index in [1.165, 1.54) is 0 Å². The van der Waals surface area contributed by atoms with Gasteiger partial charge in [-0.15, -0.1) is 0 Å². The Morgan fingerprint density at radius 2 is 2.20 bits per heavy atom. The van der Waals surface area contributed by atoms with Crippen molar-refractivity contribution in [3.63, 3.8) is 0 Å². The number of rotatable bonds is 1. The van der Waals surface area contributed by atoms with Crippen molar-refractivity contribution in [3.05, 3.63) is 28.2 Å². The topological polar surface area (TPSA) is 17.1 Å². The van der Waals surface area contributed by atoms with Crippen molar-refractivity contribution in [2.75, 3.05) is 0 Å². The average molecular weight is 259 g/mol. The van der Waals surface area contributed by atoms with Crippen LogP contribution in [0.1, 0.15) is 10.4 Å². The van der Waals surface area contributed by atoms with E-state index in [0.29, 0.717) is 0 Å². The summed E-state index contributed by atoms with van der Waals surface area (Å²) in [6.45, 7) is 0. The molecule has 1 aromatic carbocycles. The summed E-state index contributed by atoms with van der Waals surface area (Å²) in [5, 5.41) is 0. The third-order valence-electron chi connectivity index (χ3n) is 1.12. The van der Waals surface area contributed by atoms with Gasteiger partial charge in [-0.25, -0.2) is 0 Å². The van der Waals surface area contributed by atoms with Gasteiger partial charge in [0, 0.05) is 0 Å². The summed E-state index contributed by atoms with van der Waals surface area (Å²) in [5.41, 5.74) is 0.717. The van der Waals surface area contributed by atoms with Crippen LogP contribution in [-0.4, -0.2) is 23.1 Å². The van der Waals surface area contributed by atoms with E-state index >= 15 is 0 Å². The van der Waals surface area contributed by atoms with Gasteiger partial charge >= 0.3 is 76.4 Å². The molecule has 0 atom stereocenters. The van der Waals surface area contributed by atoms with Crippen LogP contribution < -0.4 is 4.35 Å². The zero-order valence-electron chi connectivity index (χ0n) is 5.04. The molecule has 3 heteroatoms. The van der Waals surface area contributed by atoms with E-state index in [0.717, 1.165) is 20.7 Å². The first kappa shape index (κ1) is 8.03. The van der Waals surface area contributed by atoms with E-state index in [2.05, 4.69) is 32.8 Å². The minimum atomic E-state index is 0.717. The molecule has 50 valence electrons. The zero-order chi connectivity index (χ0) is 7.56. The first-order valence-corrected chi connectivity index (χ1v) is 4.41. The molecule has 2 radical (unpaired) electrons. The van der Waals surface area contributed by atoms with Crippen molar-refractivity contribution in [3.8, 4) is 0 Å². The summed E-state index contributed by atoms with van der Waals surface area (Å²) in [5.74, 6) is 0. The Morgan fingerprint density at radius 1 is 1.50 bits per heavy atom. The van der Waals surface area contributed by atoms with Crippen LogP contribution in [0.3, 0.4) is 0 Å². The number of hydrogen-bond donors (Lipinski definition) is 0. The van der Waals surface area contributed by atoms with Gasteiger partial charge in [-0.3, -0.25) is 0 Å². The molecule has 1 aromatic rings. The van der Waals surface area contributed by atoms with Gasteiger partial charge in [0.1, 0.15) is 0 Å². The van der Waals surface area contributed by atoms with Crippen molar-refractivity contribution in [1.82, 2.24) is 0 Å². The Bertz CT molecular complexity index is 260. The van der Waals surface area contributed by atoms with Crippen LogP contribution in [0, 0.1) is 0 Å². The van der Waals surface area contributed by atoms with E-state index in [1.807, 2.05) is 12.1 Å². The number of aldehydes is 1. The average Bonchev–Trinajstić information content (AvgIpc) is 1.94. The molecule has 1 rings (SSSR count). The molecule has 0 spiro atoms. The third-order valence-corrected chi connectivity index (χ3v) is 2.46. The second-order valence-corrected chi connectivity index (χ2v) is 3.75. The fourth-order valence-corrected chi connectivity index (χ4v) is 1.40. The summed E-state index contributed by atoms with van der Waals surface area (Å²) in [6.07, 6.45) is 0.846. The number of halogens is 1. The van der Waals surface area contributed by atoms with Crippen LogP contribution in [0.5, 0.6) is 0 Å². The second-order valence-electron chi connectivity index (χ2n) is 1.82. The van der Waals surface area contributed by atoms with E-state index < -0.39 is 0 Å². The first-order valence-electron chi connectivity index (χ1n) is 2.68. The van der Waals surface area contributed by atoms with E-state index in [1.54, 1.807) is 6.07 Å². The Kier molecular flexibility index (Phi) is 2.70. The molecule has 0 N–H and O–H groups in total. The van der Waals surface area contributed by atoms with Gasteiger partial charge in [-0.2, -0.15) is 0 Å². The van der Waals surface area contributed by atoms with Gasteiger partial charge in [0.05, 0.1) is 0 Å². The molecule has 1 nitrogen and oxygen atoms in total. The van der Waals surface area contributed by atoms with Crippen LogP contribution >= 0.6 is 15.9 Å². The quantitative estimate of drug-likeness (QED) is 0.544. The number of benzene rings is 1. The molecule has 0 heterocycles. The van der Waals surface area contributed by atoms with Crippen molar-refractivity contribution in [1.29, 1.82) is 0 Å². The molecular weight excluding hydrogens is 255 g/mol. The predicted octanol–water partition coefficient (Wildman–Crippen LogP) is 1.06. The van der Waals surface area contributed by atoms with Crippen molar-refractivity contribution in [2.45, 2.75) is 0 Å². The van der Waals surface area contributed by atoms with Gasteiger partial charge in [-0.05, 0) is 0 Å². The molecule has 0 saturated carbocycles. The molecule has 10 heavy (non-hydrogen) atoms. The van der Waals surface area contributed by atoms with Crippen LogP contribution in [-0.2, 0) is 0 Å². The second kappa shape index (κ2) is 3.36.